The van der Waals surface area contributed by atoms with Gasteiger partial charge in [-0.05, 0) is 36.4 Å². The van der Waals surface area contributed by atoms with Gasteiger partial charge in [0.2, 0.25) is 5.70 Å². The van der Waals surface area contributed by atoms with Gasteiger partial charge in [-0.15, -0.1) is 4.59 Å². The number of aryl methyl sites for hydroxylation is 1. The van der Waals surface area contributed by atoms with Crippen LogP contribution in [0.3, 0.4) is 0 Å². The molecule has 3 aromatic rings. The predicted octanol–water partition coefficient (Wildman–Crippen LogP) is 3.21. The van der Waals surface area contributed by atoms with Crippen LogP contribution in [-0.2, 0) is 24.5 Å². The highest BCUT2D eigenvalue weighted by molar-refractivity contribution is 6.05. The number of pyridine rings is 1. The minimum absolute atomic E-state index is 0.202. The largest absolute Gasteiger partial charge is 0.416 e. The number of nitrogens with one attached hydrogen (secondary N) is 1. The zero-order valence-electron chi connectivity index (χ0n) is 22.5. The molecular weight excluding hydrogens is 551 g/mol. The lowest BCUT2D eigenvalue weighted by Crippen LogP contribution is -2.53. The van der Waals surface area contributed by atoms with Crippen LogP contribution in [0.5, 0.6) is 0 Å². The Balaban J connectivity index is 1.22. The fourth-order valence-corrected chi connectivity index (χ4v) is 5.10. The van der Waals surface area contributed by atoms with Gasteiger partial charge in [-0.25, -0.2) is 4.98 Å². The number of quaternary nitrogens is 1. The van der Waals surface area contributed by atoms with Crippen LogP contribution >= 0.6 is 0 Å². The van der Waals surface area contributed by atoms with Crippen LogP contribution < -0.4 is 11.2 Å². The first-order chi connectivity index (χ1) is 20.1. The Labute approximate surface area is 238 Å². The Hall–Kier alpha value is -4.50. The van der Waals surface area contributed by atoms with Crippen molar-refractivity contribution in [3.63, 3.8) is 0 Å². The lowest BCUT2D eigenvalue weighted by molar-refractivity contribution is -0.750. The number of amidine groups is 1. The van der Waals surface area contributed by atoms with E-state index in [-0.39, 0.29) is 22.1 Å². The molecule has 3 N–H and O–H groups in total. The van der Waals surface area contributed by atoms with E-state index in [1.54, 1.807) is 47.6 Å². The third-order valence-electron chi connectivity index (χ3n) is 7.18. The van der Waals surface area contributed by atoms with E-state index < -0.39 is 17.6 Å². The number of alkyl halides is 3. The van der Waals surface area contributed by atoms with E-state index in [1.165, 1.54) is 0 Å². The summed E-state index contributed by atoms with van der Waals surface area (Å²) < 4.78 is 46.8. The van der Waals surface area contributed by atoms with Gasteiger partial charge in [0.05, 0.1) is 36.3 Å². The normalized spacial score (nSPS) is 22.3. The van der Waals surface area contributed by atoms with Crippen LogP contribution in [0.1, 0.15) is 27.0 Å². The minimum atomic E-state index is -4.55. The number of aromatic nitrogens is 3. The molecule has 3 aliphatic heterocycles. The average Bonchev–Trinajstić information content (AvgIpc) is 3.52. The van der Waals surface area contributed by atoms with E-state index >= 15 is 0 Å². The summed E-state index contributed by atoms with van der Waals surface area (Å²) in [4.78, 5) is 28.1. The third-order valence-corrected chi connectivity index (χ3v) is 7.18. The number of morpholine rings is 1. The maximum atomic E-state index is 13.0. The Morgan fingerprint density at radius 2 is 2.05 bits per heavy atom. The van der Waals surface area contributed by atoms with Crippen molar-refractivity contribution >= 4 is 23.8 Å². The van der Waals surface area contributed by atoms with E-state index in [2.05, 4.69) is 25.3 Å². The van der Waals surface area contributed by atoms with Crippen molar-refractivity contribution in [3.8, 4) is 0 Å². The molecule has 0 radical (unpaired) electrons. The maximum Gasteiger partial charge on any atom is 0.416 e. The van der Waals surface area contributed by atoms with Crippen LogP contribution in [0, 0.1) is 0 Å². The van der Waals surface area contributed by atoms with Gasteiger partial charge >= 0.3 is 6.18 Å². The van der Waals surface area contributed by atoms with Gasteiger partial charge in [-0.3, -0.25) is 19.4 Å². The number of anilines is 1. The summed E-state index contributed by atoms with van der Waals surface area (Å²) >= 11 is 0. The highest BCUT2D eigenvalue weighted by atomic mass is 19.4. The Bertz CT molecular complexity index is 1640. The molecule has 1 aromatic carbocycles. The monoisotopic (exact) mass is 578 g/mol. The van der Waals surface area contributed by atoms with E-state index in [0.717, 1.165) is 37.0 Å². The molecular formula is C28H27F3N9O2+. The van der Waals surface area contributed by atoms with Crippen LogP contribution in [0.15, 0.2) is 88.8 Å². The van der Waals surface area contributed by atoms with E-state index in [1.807, 2.05) is 19.4 Å². The molecule has 0 aliphatic carbocycles. The molecule has 0 bridgehead atoms. The fourth-order valence-electron chi connectivity index (χ4n) is 5.10. The number of nitrogens with zero attached hydrogens (tertiary/aromatic N) is 7. The molecule has 2 atom stereocenters. The molecule has 6 rings (SSSR count). The average molecular weight is 579 g/mol. The van der Waals surface area contributed by atoms with Crippen molar-refractivity contribution in [2.24, 2.45) is 22.9 Å². The summed E-state index contributed by atoms with van der Waals surface area (Å²) in [6.07, 6.45) is 4.94. The number of rotatable bonds is 6. The van der Waals surface area contributed by atoms with E-state index in [0.29, 0.717) is 35.9 Å². The van der Waals surface area contributed by atoms with Crippen molar-refractivity contribution in [3.05, 3.63) is 101 Å². The second kappa shape index (κ2) is 10.7. The van der Waals surface area contributed by atoms with Crippen molar-refractivity contribution in [2.75, 3.05) is 25.0 Å². The van der Waals surface area contributed by atoms with Crippen LogP contribution in [0.25, 0.3) is 0 Å². The maximum absolute atomic E-state index is 13.0. The molecule has 42 heavy (non-hydrogen) atoms. The number of nitrogens with two attached hydrogens (primary N) is 1. The summed E-state index contributed by atoms with van der Waals surface area (Å²) in [5.41, 5.74) is 2.43. The number of fused-ring (bicyclic) bond motifs is 1. The molecule has 0 spiro atoms. The zero-order chi connectivity index (χ0) is 29.5. The van der Waals surface area contributed by atoms with Gasteiger partial charge in [-0.2, -0.15) is 29.1 Å². The molecule has 14 heteroatoms. The number of aliphatic imine (C=N–C) groups is 2. The molecule has 5 heterocycles. The van der Waals surface area contributed by atoms with E-state index in [4.69, 9.17) is 15.6 Å². The second-order valence-corrected chi connectivity index (χ2v) is 10.1. The van der Waals surface area contributed by atoms with Gasteiger partial charge in [0.25, 0.3) is 11.7 Å². The van der Waals surface area contributed by atoms with Crippen molar-refractivity contribution in [1.29, 1.82) is 0 Å². The number of hydrogen-bond donors (Lipinski definition) is 2. The van der Waals surface area contributed by atoms with Crippen molar-refractivity contribution in [1.82, 2.24) is 19.7 Å². The number of hydrogen-bond acceptors (Lipinski definition) is 8. The molecule has 2 aromatic heterocycles. The molecule has 0 saturated carbocycles. The smallest absolute Gasteiger partial charge is 0.369 e. The van der Waals surface area contributed by atoms with Gasteiger partial charge in [-0.1, -0.05) is 0 Å². The van der Waals surface area contributed by atoms with Crippen LogP contribution in [0.4, 0.5) is 19.0 Å². The van der Waals surface area contributed by atoms with Gasteiger partial charge in [0.15, 0.2) is 0 Å². The summed E-state index contributed by atoms with van der Waals surface area (Å²) in [5.74, 6) is 6.57. The number of ether oxygens (including phenoxy) is 1. The predicted molar refractivity (Wildman–Crippen MR) is 148 cm³/mol. The van der Waals surface area contributed by atoms with E-state index in [9.17, 15) is 18.0 Å². The van der Waals surface area contributed by atoms with Gasteiger partial charge in [0.1, 0.15) is 23.8 Å². The molecule has 216 valence electrons. The molecule has 1 amide bonds. The number of halogens is 3. The quantitative estimate of drug-likeness (QED) is 0.342. The summed E-state index contributed by atoms with van der Waals surface area (Å²) in [7, 11) is 1.88. The van der Waals surface area contributed by atoms with Gasteiger partial charge in [0, 0.05) is 50.2 Å². The topological polar surface area (TPSA) is 123 Å². The SMILES string of the molecule is Cn1cc(CN2CCO[C@@H](C3=C4C=NC=C[N+]4(N)C(c4ccc(C(=O)Nc5cc(C(F)(F)F)ccn5)cc4)=N3)C2)cn1. The zero-order valence-corrected chi connectivity index (χ0v) is 22.5. The number of allylic oxidation sites excluding steroid dienone is 1. The molecule has 1 saturated heterocycles. The summed E-state index contributed by atoms with van der Waals surface area (Å²) in [6, 6.07) is 8.11. The Kier molecular flexibility index (Phi) is 7.06. The highest BCUT2D eigenvalue weighted by Gasteiger charge is 2.46. The Morgan fingerprint density at radius 3 is 2.79 bits per heavy atom. The number of amides is 1. The summed E-state index contributed by atoms with van der Waals surface area (Å²) in [5, 5.41) is 6.66. The van der Waals surface area contributed by atoms with Crippen LogP contribution in [-0.4, -0.2) is 68.0 Å². The molecule has 3 aliphatic rings. The molecule has 1 fully saturated rings. The van der Waals surface area contributed by atoms with Gasteiger partial charge < -0.3 is 10.1 Å². The molecule has 1 unspecified atom stereocenters. The summed E-state index contributed by atoms with van der Waals surface area (Å²) in [6.45, 7) is 2.61. The lowest BCUT2D eigenvalue weighted by atomic mass is 10.1. The minimum Gasteiger partial charge on any atom is -0.369 e. The first-order valence-corrected chi connectivity index (χ1v) is 13.1. The Morgan fingerprint density at radius 1 is 1.24 bits per heavy atom. The van der Waals surface area contributed by atoms with Crippen molar-refractivity contribution in [2.45, 2.75) is 18.8 Å². The standard InChI is InChI=1S/C28H26F3N9O2/c1-38-15-18(13-35-38)16-39-9-11-42-23(17-39)25-22-14-33-8-10-40(22,32)26(37-25)19-2-4-20(5-3-19)27(41)36-24-12-21(6-7-34-24)28(29,30)31/h2-8,10,12-15,23H,9,11,16-17,32H2,1H3/p+1/t23-,40?/m1/s1. The highest BCUT2D eigenvalue weighted by Crippen LogP contribution is 2.34. The third kappa shape index (κ3) is 5.39. The van der Waals surface area contributed by atoms with Crippen molar-refractivity contribution < 1.29 is 27.3 Å². The first kappa shape index (κ1) is 27.7. The first-order valence-electron chi connectivity index (χ1n) is 13.1. The van der Waals surface area contributed by atoms with Crippen LogP contribution in [0.2, 0.25) is 0 Å². The second-order valence-electron chi connectivity index (χ2n) is 10.1. The number of carbonyl (C=O) groups is 1. The number of carbonyl (C=O) groups excluding carboxylic acids is 1. The molecule has 11 nitrogen and oxygen atoms in total. The number of benzene rings is 1. The lowest BCUT2D eigenvalue weighted by Gasteiger charge is -2.32. The fraction of sp³-hybridized carbons (Fsp3) is 0.250.